The van der Waals surface area contributed by atoms with Crippen molar-refractivity contribution in [3.05, 3.63) is 28.5 Å². The first-order valence-corrected chi connectivity index (χ1v) is 6.18. The van der Waals surface area contributed by atoms with E-state index >= 15 is 0 Å². The van der Waals surface area contributed by atoms with Crippen molar-refractivity contribution in [3.63, 3.8) is 0 Å². The summed E-state index contributed by atoms with van der Waals surface area (Å²) in [5.74, 6) is 0. The van der Waals surface area contributed by atoms with Crippen LogP contribution in [0.2, 0.25) is 0 Å². The minimum absolute atomic E-state index is 0.134. The van der Waals surface area contributed by atoms with Gasteiger partial charge in [0, 0.05) is 6.20 Å². The van der Waals surface area contributed by atoms with Crippen LogP contribution in [0.25, 0.3) is 0 Å². The highest BCUT2D eigenvalue weighted by Gasteiger charge is 2.18. The molecule has 0 bridgehead atoms. The third-order valence-electron chi connectivity index (χ3n) is 1.98. The van der Waals surface area contributed by atoms with Gasteiger partial charge in [-0.25, -0.2) is 9.78 Å². The van der Waals surface area contributed by atoms with Gasteiger partial charge in [0.25, 0.3) is 0 Å². The van der Waals surface area contributed by atoms with E-state index in [1.54, 1.807) is 6.20 Å². The number of pyridine rings is 1. The van der Waals surface area contributed by atoms with Crippen molar-refractivity contribution in [1.82, 2.24) is 10.3 Å². The predicted octanol–water partition coefficient (Wildman–Crippen LogP) is 3.43. The molecule has 0 fully saturated rings. The van der Waals surface area contributed by atoms with Gasteiger partial charge in [-0.2, -0.15) is 0 Å². The summed E-state index contributed by atoms with van der Waals surface area (Å²) in [7, 11) is 0. The predicted molar refractivity (Wildman–Crippen MR) is 69.7 cm³/mol. The lowest BCUT2D eigenvalue weighted by Gasteiger charge is -2.22. The fraction of sp³-hybridized carbons (Fsp3) is 0.500. The molecule has 0 saturated carbocycles. The molecule has 0 radical (unpaired) electrons. The number of nitrogens with one attached hydrogen (secondary N) is 1. The highest BCUT2D eigenvalue weighted by Crippen LogP contribution is 2.15. The smallest absolute Gasteiger partial charge is 0.408 e. The van der Waals surface area contributed by atoms with Crippen molar-refractivity contribution >= 4 is 22.0 Å². The van der Waals surface area contributed by atoms with Crippen LogP contribution < -0.4 is 5.32 Å². The summed E-state index contributed by atoms with van der Waals surface area (Å²) in [6, 6.07) is 3.60. The monoisotopic (exact) mass is 300 g/mol. The van der Waals surface area contributed by atoms with Gasteiger partial charge in [-0.1, -0.05) is 6.07 Å². The Morgan fingerprint density at radius 3 is 2.59 bits per heavy atom. The summed E-state index contributed by atoms with van der Waals surface area (Å²) >= 11 is 3.26. The number of halogens is 1. The van der Waals surface area contributed by atoms with E-state index in [1.807, 2.05) is 39.8 Å². The van der Waals surface area contributed by atoms with Crippen LogP contribution in [0.5, 0.6) is 0 Å². The number of amides is 1. The molecule has 0 spiro atoms. The molecule has 0 aromatic carbocycles. The lowest BCUT2D eigenvalue weighted by atomic mass is 10.1. The maximum atomic E-state index is 11.5. The normalized spacial score (nSPS) is 13.0. The topological polar surface area (TPSA) is 51.2 Å². The lowest BCUT2D eigenvalue weighted by molar-refractivity contribution is 0.0508. The van der Waals surface area contributed by atoms with E-state index in [9.17, 15) is 4.79 Å². The van der Waals surface area contributed by atoms with Gasteiger partial charge >= 0.3 is 6.09 Å². The molecule has 1 atom stereocenters. The van der Waals surface area contributed by atoms with E-state index in [2.05, 4.69) is 26.2 Å². The fourth-order valence-electron chi connectivity index (χ4n) is 1.21. The molecule has 5 heteroatoms. The number of hydrogen-bond donors (Lipinski definition) is 1. The van der Waals surface area contributed by atoms with E-state index < -0.39 is 11.7 Å². The Bertz CT molecular complexity index is 384. The van der Waals surface area contributed by atoms with Crippen molar-refractivity contribution < 1.29 is 9.53 Å². The highest BCUT2D eigenvalue weighted by atomic mass is 79.9. The molecule has 1 rings (SSSR count). The molecule has 0 aliphatic rings. The Hall–Kier alpha value is -1.10. The van der Waals surface area contributed by atoms with E-state index in [-0.39, 0.29) is 6.04 Å². The maximum Gasteiger partial charge on any atom is 0.408 e. The average Bonchev–Trinajstić information content (AvgIpc) is 2.15. The van der Waals surface area contributed by atoms with Crippen molar-refractivity contribution in [2.24, 2.45) is 0 Å². The maximum absolute atomic E-state index is 11.5. The molecular weight excluding hydrogens is 284 g/mol. The lowest BCUT2D eigenvalue weighted by Crippen LogP contribution is -2.34. The van der Waals surface area contributed by atoms with Crippen LogP contribution in [0, 0.1) is 0 Å². The molecule has 94 valence electrons. The SMILES string of the molecule is CC(NC(=O)OC(C)(C)C)c1ccc(Br)nc1. The molecule has 0 saturated heterocycles. The third kappa shape index (κ3) is 5.17. The van der Waals surface area contributed by atoms with Gasteiger partial charge in [-0.05, 0) is 55.3 Å². The standard InChI is InChI=1S/C12H17BrN2O2/c1-8(9-5-6-10(13)14-7-9)15-11(16)17-12(2,3)4/h5-8H,1-4H3,(H,15,16). The van der Waals surface area contributed by atoms with E-state index in [4.69, 9.17) is 4.74 Å². The van der Waals surface area contributed by atoms with Crippen LogP contribution in [0.3, 0.4) is 0 Å². The van der Waals surface area contributed by atoms with Gasteiger partial charge in [0.1, 0.15) is 10.2 Å². The first kappa shape index (κ1) is 14.0. The molecule has 1 heterocycles. The fourth-order valence-corrected chi connectivity index (χ4v) is 1.45. The van der Waals surface area contributed by atoms with Crippen molar-refractivity contribution in [2.75, 3.05) is 0 Å². The number of nitrogens with zero attached hydrogens (tertiary/aromatic N) is 1. The third-order valence-corrected chi connectivity index (χ3v) is 2.45. The molecule has 0 aliphatic heterocycles. The zero-order valence-corrected chi connectivity index (χ0v) is 12.0. The molecule has 1 unspecified atom stereocenters. The zero-order chi connectivity index (χ0) is 13.1. The van der Waals surface area contributed by atoms with Crippen LogP contribution in [0.15, 0.2) is 22.9 Å². The number of hydrogen-bond acceptors (Lipinski definition) is 3. The van der Waals surface area contributed by atoms with Crippen LogP contribution in [-0.4, -0.2) is 16.7 Å². The number of carbonyl (C=O) groups excluding carboxylic acids is 1. The van der Waals surface area contributed by atoms with E-state index in [0.29, 0.717) is 0 Å². The minimum atomic E-state index is -0.484. The van der Waals surface area contributed by atoms with E-state index in [0.717, 1.165) is 10.2 Å². The summed E-state index contributed by atoms with van der Waals surface area (Å²) in [6.45, 7) is 7.38. The second kappa shape index (κ2) is 5.49. The van der Waals surface area contributed by atoms with Gasteiger partial charge in [0.05, 0.1) is 6.04 Å². The largest absolute Gasteiger partial charge is 0.444 e. The van der Waals surface area contributed by atoms with Crippen LogP contribution in [-0.2, 0) is 4.74 Å². The summed E-state index contributed by atoms with van der Waals surface area (Å²) in [5, 5.41) is 2.76. The minimum Gasteiger partial charge on any atom is -0.444 e. The van der Waals surface area contributed by atoms with Gasteiger partial charge in [0.2, 0.25) is 0 Å². The quantitative estimate of drug-likeness (QED) is 0.851. The molecule has 1 aromatic heterocycles. The molecular formula is C12H17BrN2O2. The van der Waals surface area contributed by atoms with Crippen molar-refractivity contribution in [3.8, 4) is 0 Å². The van der Waals surface area contributed by atoms with Crippen molar-refractivity contribution in [2.45, 2.75) is 39.3 Å². The van der Waals surface area contributed by atoms with Crippen molar-refractivity contribution in [1.29, 1.82) is 0 Å². The van der Waals surface area contributed by atoms with Gasteiger partial charge < -0.3 is 10.1 Å². The first-order chi connectivity index (χ1) is 7.78. The Morgan fingerprint density at radius 1 is 1.47 bits per heavy atom. The Morgan fingerprint density at radius 2 is 2.12 bits per heavy atom. The molecule has 1 amide bonds. The first-order valence-electron chi connectivity index (χ1n) is 5.39. The zero-order valence-electron chi connectivity index (χ0n) is 10.5. The van der Waals surface area contributed by atoms with Gasteiger partial charge in [0.15, 0.2) is 0 Å². The molecule has 0 aliphatic carbocycles. The van der Waals surface area contributed by atoms with E-state index in [1.165, 1.54) is 0 Å². The Balaban J connectivity index is 2.57. The number of carbonyl (C=O) groups is 1. The van der Waals surface area contributed by atoms with Gasteiger partial charge in [-0.15, -0.1) is 0 Å². The summed E-state index contributed by atoms with van der Waals surface area (Å²) in [5.41, 5.74) is 0.445. The number of aromatic nitrogens is 1. The second-order valence-electron chi connectivity index (χ2n) is 4.78. The van der Waals surface area contributed by atoms with Gasteiger partial charge in [-0.3, -0.25) is 0 Å². The average molecular weight is 301 g/mol. The molecule has 4 nitrogen and oxygen atoms in total. The number of ether oxygens (including phenoxy) is 1. The second-order valence-corrected chi connectivity index (χ2v) is 5.59. The Kier molecular flexibility index (Phi) is 4.51. The summed E-state index contributed by atoms with van der Waals surface area (Å²) in [4.78, 5) is 15.7. The van der Waals surface area contributed by atoms with Crippen LogP contribution in [0.1, 0.15) is 39.3 Å². The highest BCUT2D eigenvalue weighted by molar-refractivity contribution is 9.10. The number of rotatable bonds is 2. The molecule has 1 N–H and O–H groups in total. The van der Waals surface area contributed by atoms with Crippen LogP contribution >= 0.6 is 15.9 Å². The summed E-state index contributed by atoms with van der Waals surface area (Å²) < 4.78 is 5.94. The molecule has 17 heavy (non-hydrogen) atoms. The Labute approximate surface area is 110 Å². The molecule has 1 aromatic rings. The summed E-state index contributed by atoms with van der Waals surface area (Å²) in [6.07, 6.45) is 1.29. The number of alkyl carbamates (subject to hydrolysis) is 1. The van der Waals surface area contributed by atoms with Crippen LogP contribution in [0.4, 0.5) is 4.79 Å².